The summed E-state index contributed by atoms with van der Waals surface area (Å²) in [5.41, 5.74) is 1.32. The second-order valence-electron chi connectivity index (χ2n) is 5.32. The molecule has 102 valence electrons. The first kappa shape index (κ1) is 13.6. The molecule has 2 rings (SSSR count). The number of likely N-dealkylation sites (tertiary alicyclic amines) is 1. The molecule has 1 aromatic heterocycles. The summed E-state index contributed by atoms with van der Waals surface area (Å²) >= 11 is 0. The fraction of sp³-hybridized carbons (Fsp3) is 0.786. The summed E-state index contributed by atoms with van der Waals surface area (Å²) in [4.78, 5) is 6.82. The first-order valence-electron chi connectivity index (χ1n) is 7.21. The van der Waals surface area contributed by atoms with Gasteiger partial charge in [-0.15, -0.1) is 0 Å². The summed E-state index contributed by atoms with van der Waals surface area (Å²) in [5, 5.41) is 3.56. The van der Waals surface area contributed by atoms with Gasteiger partial charge in [0.1, 0.15) is 0 Å². The lowest BCUT2D eigenvalue weighted by atomic mass is 10.0. The number of nitrogens with one attached hydrogen (secondary N) is 1. The Bertz CT molecular complexity index is 347. The smallest absolute Gasteiger partial charge is 0.0945 e. The fourth-order valence-corrected chi connectivity index (χ4v) is 2.69. The summed E-state index contributed by atoms with van der Waals surface area (Å²) in [6, 6.07) is 0.695. The maximum atomic E-state index is 4.21. The topological polar surface area (TPSA) is 33.1 Å². The molecule has 0 aromatic carbocycles. The van der Waals surface area contributed by atoms with Crippen LogP contribution in [0.15, 0.2) is 12.5 Å². The highest BCUT2D eigenvalue weighted by molar-refractivity contribution is 4.98. The van der Waals surface area contributed by atoms with E-state index in [9.17, 15) is 0 Å². The molecular formula is C14H26N4. The van der Waals surface area contributed by atoms with E-state index < -0.39 is 0 Å². The standard InChI is InChI=1S/C14H26N4/c1-3-7-15-9-13-6-4-5-8-18(13)11-14-10-16-12-17(14)2/h10,12-13,15H,3-9,11H2,1-2H3. The van der Waals surface area contributed by atoms with Gasteiger partial charge in [-0.2, -0.15) is 0 Å². The Kier molecular flexibility index (Phi) is 5.20. The minimum absolute atomic E-state index is 0.695. The van der Waals surface area contributed by atoms with Crippen LogP contribution in [0, 0.1) is 0 Å². The fourth-order valence-electron chi connectivity index (χ4n) is 2.69. The molecule has 0 amide bonds. The summed E-state index contributed by atoms with van der Waals surface area (Å²) < 4.78 is 2.13. The van der Waals surface area contributed by atoms with Crippen LogP contribution in [-0.2, 0) is 13.6 Å². The van der Waals surface area contributed by atoms with Gasteiger partial charge in [-0.25, -0.2) is 4.98 Å². The van der Waals surface area contributed by atoms with E-state index in [0.29, 0.717) is 6.04 Å². The number of aryl methyl sites for hydroxylation is 1. The molecule has 0 radical (unpaired) electrons. The average molecular weight is 250 g/mol. The van der Waals surface area contributed by atoms with Gasteiger partial charge in [0.25, 0.3) is 0 Å². The van der Waals surface area contributed by atoms with Gasteiger partial charge in [0.05, 0.1) is 12.0 Å². The Morgan fingerprint density at radius 2 is 2.33 bits per heavy atom. The second kappa shape index (κ2) is 6.90. The molecular weight excluding hydrogens is 224 g/mol. The van der Waals surface area contributed by atoms with Crippen LogP contribution < -0.4 is 5.32 Å². The van der Waals surface area contributed by atoms with Gasteiger partial charge in [0.2, 0.25) is 0 Å². The van der Waals surface area contributed by atoms with E-state index >= 15 is 0 Å². The first-order chi connectivity index (χ1) is 8.81. The molecule has 1 aromatic rings. The Balaban J connectivity index is 1.89. The number of imidazole rings is 1. The highest BCUT2D eigenvalue weighted by Crippen LogP contribution is 2.18. The normalized spacial score (nSPS) is 21.3. The summed E-state index contributed by atoms with van der Waals surface area (Å²) in [6.45, 7) is 6.75. The van der Waals surface area contributed by atoms with E-state index in [0.717, 1.165) is 19.6 Å². The van der Waals surface area contributed by atoms with Crippen LogP contribution >= 0.6 is 0 Å². The van der Waals surface area contributed by atoms with Gasteiger partial charge >= 0.3 is 0 Å². The van der Waals surface area contributed by atoms with Gasteiger partial charge in [-0.05, 0) is 32.4 Å². The molecule has 0 spiro atoms. The van der Waals surface area contributed by atoms with E-state index in [1.807, 2.05) is 12.5 Å². The second-order valence-corrected chi connectivity index (χ2v) is 5.32. The third-order valence-corrected chi connectivity index (χ3v) is 3.84. The zero-order chi connectivity index (χ0) is 12.8. The largest absolute Gasteiger partial charge is 0.337 e. The zero-order valence-corrected chi connectivity index (χ0v) is 11.7. The first-order valence-corrected chi connectivity index (χ1v) is 7.21. The molecule has 1 aliphatic rings. The average Bonchev–Trinajstić information content (AvgIpc) is 2.78. The summed E-state index contributed by atoms with van der Waals surface area (Å²) in [7, 11) is 2.08. The van der Waals surface area contributed by atoms with Crippen molar-refractivity contribution in [2.75, 3.05) is 19.6 Å². The lowest BCUT2D eigenvalue weighted by Gasteiger charge is -2.35. The summed E-state index contributed by atoms with van der Waals surface area (Å²) in [5.74, 6) is 0. The van der Waals surface area contributed by atoms with Crippen molar-refractivity contribution < 1.29 is 0 Å². The van der Waals surface area contributed by atoms with E-state index in [4.69, 9.17) is 0 Å². The molecule has 1 fully saturated rings. The van der Waals surface area contributed by atoms with Crippen LogP contribution in [0.1, 0.15) is 38.3 Å². The van der Waals surface area contributed by atoms with E-state index in [1.165, 1.54) is 37.9 Å². The van der Waals surface area contributed by atoms with Gasteiger partial charge in [0.15, 0.2) is 0 Å². The number of rotatable bonds is 6. The molecule has 4 heteroatoms. The number of aromatic nitrogens is 2. The van der Waals surface area contributed by atoms with Crippen molar-refractivity contribution in [3.63, 3.8) is 0 Å². The molecule has 0 bridgehead atoms. The highest BCUT2D eigenvalue weighted by atomic mass is 15.2. The number of nitrogens with zero attached hydrogens (tertiary/aromatic N) is 3. The van der Waals surface area contributed by atoms with Crippen molar-refractivity contribution in [1.29, 1.82) is 0 Å². The zero-order valence-electron chi connectivity index (χ0n) is 11.7. The number of hydrogen-bond donors (Lipinski definition) is 1. The third-order valence-electron chi connectivity index (χ3n) is 3.84. The molecule has 1 atom stereocenters. The van der Waals surface area contributed by atoms with Crippen LogP contribution in [0.4, 0.5) is 0 Å². The maximum Gasteiger partial charge on any atom is 0.0945 e. The van der Waals surface area contributed by atoms with Gasteiger partial charge in [0, 0.05) is 32.4 Å². The quantitative estimate of drug-likeness (QED) is 0.781. The van der Waals surface area contributed by atoms with Crippen LogP contribution in [0.2, 0.25) is 0 Å². The Morgan fingerprint density at radius 1 is 1.44 bits per heavy atom. The van der Waals surface area contributed by atoms with Gasteiger partial charge < -0.3 is 9.88 Å². The lowest BCUT2D eigenvalue weighted by molar-refractivity contribution is 0.135. The number of piperidine rings is 1. The molecule has 1 unspecified atom stereocenters. The molecule has 18 heavy (non-hydrogen) atoms. The molecule has 1 aliphatic heterocycles. The van der Waals surface area contributed by atoms with Crippen molar-refractivity contribution in [3.8, 4) is 0 Å². The van der Waals surface area contributed by atoms with Crippen molar-refractivity contribution in [2.45, 2.75) is 45.2 Å². The molecule has 2 heterocycles. The SMILES string of the molecule is CCCNCC1CCCCN1Cc1cncn1C. The van der Waals surface area contributed by atoms with Crippen molar-refractivity contribution in [3.05, 3.63) is 18.2 Å². The minimum Gasteiger partial charge on any atom is -0.337 e. The maximum absolute atomic E-state index is 4.21. The molecule has 0 aliphatic carbocycles. The van der Waals surface area contributed by atoms with Gasteiger partial charge in [-0.3, -0.25) is 4.90 Å². The van der Waals surface area contributed by atoms with Crippen LogP contribution in [-0.4, -0.2) is 40.1 Å². The monoisotopic (exact) mass is 250 g/mol. The van der Waals surface area contributed by atoms with Crippen LogP contribution in [0.25, 0.3) is 0 Å². The highest BCUT2D eigenvalue weighted by Gasteiger charge is 2.22. The minimum atomic E-state index is 0.695. The van der Waals surface area contributed by atoms with Gasteiger partial charge in [-0.1, -0.05) is 13.3 Å². The predicted octanol–water partition coefficient (Wildman–Crippen LogP) is 1.77. The third kappa shape index (κ3) is 3.56. The molecule has 4 nitrogen and oxygen atoms in total. The van der Waals surface area contributed by atoms with Crippen molar-refractivity contribution >= 4 is 0 Å². The van der Waals surface area contributed by atoms with E-state index in [-0.39, 0.29) is 0 Å². The van der Waals surface area contributed by atoms with Crippen LogP contribution in [0.5, 0.6) is 0 Å². The Hall–Kier alpha value is -0.870. The molecule has 0 saturated carbocycles. The van der Waals surface area contributed by atoms with Crippen molar-refractivity contribution in [2.24, 2.45) is 7.05 Å². The van der Waals surface area contributed by atoms with E-state index in [2.05, 4.69) is 33.7 Å². The Morgan fingerprint density at radius 3 is 3.06 bits per heavy atom. The molecule has 1 N–H and O–H groups in total. The van der Waals surface area contributed by atoms with Crippen LogP contribution in [0.3, 0.4) is 0 Å². The predicted molar refractivity (Wildman–Crippen MR) is 74.4 cm³/mol. The number of hydrogen-bond acceptors (Lipinski definition) is 3. The Labute approximate surface area is 110 Å². The lowest BCUT2D eigenvalue weighted by Crippen LogP contribution is -2.45. The van der Waals surface area contributed by atoms with Crippen molar-refractivity contribution in [1.82, 2.24) is 19.8 Å². The molecule has 1 saturated heterocycles. The summed E-state index contributed by atoms with van der Waals surface area (Å²) in [6.07, 6.45) is 9.14. The van der Waals surface area contributed by atoms with E-state index in [1.54, 1.807) is 0 Å².